The molecule has 0 bridgehead atoms. The van der Waals surface area contributed by atoms with Gasteiger partial charge in [-0.3, -0.25) is 20.4 Å². The number of para-hydroxylation sites is 2. The van der Waals surface area contributed by atoms with Crippen molar-refractivity contribution in [3.63, 3.8) is 0 Å². The summed E-state index contributed by atoms with van der Waals surface area (Å²) < 4.78 is 11.1. The van der Waals surface area contributed by atoms with Crippen molar-refractivity contribution in [1.82, 2.24) is 10.9 Å². The number of nitrogens with one attached hydrogen (secondary N) is 2. The first-order chi connectivity index (χ1) is 14.1. The highest BCUT2D eigenvalue weighted by molar-refractivity contribution is 5.89. The summed E-state index contributed by atoms with van der Waals surface area (Å²) in [6.45, 7) is 0.166. The minimum Gasteiger partial charge on any atom is -0.485 e. The number of likely N-dealkylation sites (N-methyl/N-ethyl adjacent to an activating group) is 1. The number of hydrazine groups is 1. The van der Waals surface area contributed by atoms with Crippen LogP contribution in [0, 0.1) is 0 Å². The molecule has 7 heteroatoms. The molecule has 0 fully saturated rings. The van der Waals surface area contributed by atoms with Crippen molar-refractivity contribution in [3.8, 4) is 11.5 Å². The summed E-state index contributed by atoms with van der Waals surface area (Å²) in [7, 11) is 1.82. The fraction of sp³-hybridized carbons (Fsp3) is 0.182. The molecule has 0 aromatic heterocycles. The second kappa shape index (κ2) is 8.10. The Bertz CT molecular complexity index is 1050. The van der Waals surface area contributed by atoms with Crippen LogP contribution in [0.15, 0.2) is 66.7 Å². The number of rotatable bonds is 4. The van der Waals surface area contributed by atoms with Crippen molar-refractivity contribution in [2.24, 2.45) is 0 Å². The lowest BCUT2D eigenvalue weighted by Crippen LogP contribution is -2.52. The molecule has 0 spiro atoms. The summed E-state index contributed by atoms with van der Waals surface area (Å²) in [5.41, 5.74) is 5.73. The SMILES string of the molecule is CN(CC(=O)NNC(=O)[C@H]1COc2ccccc2O1)c1ccc2ccccc2c1. The summed E-state index contributed by atoms with van der Waals surface area (Å²) in [6.07, 6.45) is -0.830. The zero-order valence-electron chi connectivity index (χ0n) is 15.9. The first kappa shape index (κ1) is 18.6. The van der Waals surface area contributed by atoms with Crippen molar-refractivity contribution in [2.45, 2.75) is 6.10 Å². The molecule has 1 aliphatic rings. The summed E-state index contributed by atoms with van der Waals surface area (Å²) >= 11 is 0. The number of hydrogen-bond acceptors (Lipinski definition) is 5. The highest BCUT2D eigenvalue weighted by Crippen LogP contribution is 2.30. The smallest absolute Gasteiger partial charge is 0.283 e. The van der Waals surface area contributed by atoms with Crippen molar-refractivity contribution in [3.05, 3.63) is 66.7 Å². The molecule has 29 heavy (non-hydrogen) atoms. The van der Waals surface area contributed by atoms with Gasteiger partial charge >= 0.3 is 0 Å². The van der Waals surface area contributed by atoms with Crippen LogP contribution >= 0.6 is 0 Å². The summed E-state index contributed by atoms with van der Waals surface area (Å²) in [6, 6.07) is 21.1. The Hall–Kier alpha value is -3.74. The highest BCUT2D eigenvalue weighted by Gasteiger charge is 2.27. The largest absolute Gasteiger partial charge is 0.485 e. The van der Waals surface area contributed by atoms with Crippen molar-refractivity contribution in [2.75, 3.05) is 25.1 Å². The number of nitrogens with zero attached hydrogens (tertiary/aromatic N) is 1. The molecule has 1 heterocycles. The van der Waals surface area contributed by atoms with Crippen LogP contribution in [0.5, 0.6) is 11.5 Å². The maximum atomic E-state index is 12.3. The molecule has 1 aliphatic heterocycles. The molecule has 1 atom stereocenters. The van der Waals surface area contributed by atoms with Crippen molar-refractivity contribution < 1.29 is 19.1 Å². The second-order valence-corrected chi connectivity index (χ2v) is 6.79. The van der Waals surface area contributed by atoms with Gasteiger partial charge < -0.3 is 14.4 Å². The number of ether oxygens (including phenoxy) is 2. The molecule has 0 radical (unpaired) electrons. The predicted molar refractivity (Wildman–Crippen MR) is 110 cm³/mol. The van der Waals surface area contributed by atoms with Crippen LogP contribution in [0.3, 0.4) is 0 Å². The molecule has 2 N–H and O–H groups in total. The third kappa shape index (κ3) is 4.24. The van der Waals surface area contributed by atoms with Gasteiger partial charge in [0.1, 0.15) is 6.61 Å². The number of hydrogen-bond donors (Lipinski definition) is 2. The number of carbonyl (C=O) groups is 2. The lowest BCUT2D eigenvalue weighted by molar-refractivity contribution is -0.134. The summed E-state index contributed by atoms with van der Waals surface area (Å²) in [5, 5.41) is 2.23. The summed E-state index contributed by atoms with van der Waals surface area (Å²) in [5.74, 6) is 0.284. The normalized spacial score (nSPS) is 14.9. The van der Waals surface area contributed by atoms with Gasteiger partial charge in [-0.25, -0.2) is 0 Å². The van der Waals surface area contributed by atoms with Gasteiger partial charge in [0.05, 0.1) is 6.54 Å². The average molecular weight is 391 g/mol. The number of amides is 2. The molecular weight excluding hydrogens is 370 g/mol. The molecule has 0 saturated carbocycles. The van der Waals surface area contributed by atoms with E-state index in [9.17, 15) is 9.59 Å². The maximum Gasteiger partial charge on any atom is 0.283 e. The fourth-order valence-corrected chi connectivity index (χ4v) is 3.12. The van der Waals surface area contributed by atoms with Crippen molar-refractivity contribution >= 4 is 28.3 Å². The Morgan fingerprint density at radius 1 is 0.966 bits per heavy atom. The Morgan fingerprint density at radius 2 is 1.69 bits per heavy atom. The number of benzene rings is 3. The van der Waals surface area contributed by atoms with E-state index < -0.39 is 12.0 Å². The predicted octanol–water partition coefficient (Wildman–Crippen LogP) is 2.26. The van der Waals surface area contributed by atoms with Gasteiger partial charge in [0.25, 0.3) is 11.8 Å². The average Bonchev–Trinajstić information content (AvgIpc) is 2.76. The van der Waals surface area contributed by atoms with Crippen LogP contribution in [0.1, 0.15) is 0 Å². The zero-order valence-corrected chi connectivity index (χ0v) is 15.9. The third-order valence-corrected chi connectivity index (χ3v) is 4.68. The molecular formula is C22H21N3O4. The van der Waals surface area contributed by atoms with E-state index in [4.69, 9.17) is 9.47 Å². The van der Waals surface area contributed by atoms with Crippen LogP contribution in [0.25, 0.3) is 10.8 Å². The van der Waals surface area contributed by atoms with E-state index in [1.54, 1.807) is 18.2 Å². The molecule has 7 nitrogen and oxygen atoms in total. The van der Waals surface area contributed by atoms with Gasteiger partial charge in [-0.2, -0.15) is 0 Å². The van der Waals surface area contributed by atoms with Crippen LogP contribution < -0.4 is 25.2 Å². The van der Waals surface area contributed by atoms with Gasteiger partial charge in [0.15, 0.2) is 11.5 Å². The van der Waals surface area contributed by atoms with E-state index >= 15 is 0 Å². The van der Waals surface area contributed by atoms with Gasteiger partial charge in [-0.05, 0) is 35.0 Å². The second-order valence-electron chi connectivity index (χ2n) is 6.79. The maximum absolute atomic E-state index is 12.3. The molecule has 3 aromatic carbocycles. The Morgan fingerprint density at radius 3 is 2.52 bits per heavy atom. The number of carbonyl (C=O) groups excluding carboxylic acids is 2. The number of anilines is 1. The zero-order chi connectivity index (χ0) is 20.2. The van der Waals surface area contributed by atoms with Gasteiger partial charge in [0, 0.05) is 12.7 Å². The highest BCUT2D eigenvalue weighted by atomic mass is 16.6. The van der Waals surface area contributed by atoms with E-state index in [0.717, 1.165) is 16.5 Å². The molecule has 4 rings (SSSR count). The molecule has 0 unspecified atom stereocenters. The van der Waals surface area contributed by atoms with Crippen LogP contribution in [0.2, 0.25) is 0 Å². The quantitative estimate of drug-likeness (QED) is 0.667. The first-order valence-corrected chi connectivity index (χ1v) is 9.27. The van der Waals surface area contributed by atoms with E-state index in [1.165, 1.54) is 0 Å². The molecule has 3 aromatic rings. The monoisotopic (exact) mass is 391 g/mol. The lowest BCUT2D eigenvalue weighted by atomic mass is 10.1. The van der Waals surface area contributed by atoms with Crippen LogP contribution in [0.4, 0.5) is 5.69 Å². The molecule has 0 saturated heterocycles. The van der Waals surface area contributed by atoms with Gasteiger partial charge in [-0.1, -0.05) is 42.5 Å². The molecule has 148 valence electrons. The molecule has 0 aliphatic carbocycles. The van der Waals surface area contributed by atoms with E-state index in [0.29, 0.717) is 11.5 Å². The van der Waals surface area contributed by atoms with Crippen LogP contribution in [-0.4, -0.2) is 38.1 Å². The van der Waals surface area contributed by atoms with E-state index in [1.807, 2.05) is 60.5 Å². The standard InChI is InChI=1S/C22H21N3O4/c1-25(17-11-10-15-6-2-3-7-16(15)12-17)13-21(26)23-24-22(27)20-14-28-18-8-4-5-9-19(18)29-20/h2-12,20H,13-14H2,1H3,(H,23,26)(H,24,27)/t20-/m1/s1. The van der Waals surface area contributed by atoms with Crippen LogP contribution in [-0.2, 0) is 9.59 Å². The Kier molecular flexibility index (Phi) is 5.20. The Labute approximate surface area is 168 Å². The number of fused-ring (bicyclic) bond motifs is 2. The van der Waals surface area contributed by atoms with E-state index in [-0.39, 0.29) is 19.1 Å². The van der Waals surface area contributed by atoms with E-state index in [2.05, 4.69) is 10.9 Å². The van der Waals surface area contributed by atoms with Gasteiger partial charge in [0.2, 0.25) is 6.10 Å². The third-order valence-electron chi connectivity index (χ3n) is 4.68. The Balaban J connectivity index is 1.29. The molecule has 2 amide bonds. The topological polar surface area (TPSA) is 79.9 Å². The fourth-order valence-electron chi connectivity index (χ4n) is 3.12. The van der Waals surface area contributed by atoms with Gasteiger partial charge in [-0.15, -0.1) is 0 Å². The minimum atomic E-state index is -0.830. The minimum absolute atomic E-state index is 0.0791. The first-order valence-electron chi connectivity index (χ1n) is 9.27. The van der Waals surface area contributed by atoms with Crippen molar-refractivity contribution in [1.29, 1.82) is 0 Å². The lowest BCUT2D eigenvalue weighted by Gasteiger charge is -2.25. The summed E-state index contributed by atoms with van der Waals surface area (Å²) in [4.78, 5) is 26.3.